The second-order valence-electron chi connectivity index (χ2n) is 9.37. The summed E-state index contributed by atoms with van der Waals surface area (Å²) in [5.74, 6) is 2.46. The number of carbonyl (C=O) groups excluding carboxylic acids is 1. The van der Waals surface area contributed by atoms with Crippen molar-refractivity contribution in [3.05, 3.63) is 47.8 Å². The molecule has 6 rings (SSSR count). The van der Waals surface area contributed by atoms with Crippen LogP contribution in [0.3, 0.4) is 0 Å². The van der Waals surface area contributed by atoms with Crippen LogP contribution in [0.15, 0.2) is 36.5 Å². The lowest BCUT2D eigenvalue weighted by molar-refractivity contribution is 0.0865. The van der Waals surface area contributed by atoms with Crippen molar-refractivity contribution < 1.29 is 14.3 Å². The molecule has 0 radical (unpaired) electrons. The Kier molecular flexibility index (Phi) is 5.17. The van der Waals surface area contributed by atoms with Crippen molar-refractivity contribution in [2.24, 2.45) is 11.7 Å². The van der Waals surface area contributed by atoms with E-state index in [0.29, 0.717) is 30.3 Å². The van der Waals surface area contributed by atoms with Crippen LogP contribution < -0.4 is 20.1 Å². The topological polar surface area (TPSA) is 95.0 Å². The minimum absolute atomic E-state index is 0.0878. The number of aromatic nitrogens is 3. The standard InChI is InChI=1S/C25H29N5O3/c26-17-7-9-29(15-17)23-8-10-30-24(27-23)14-20(28-30)18-3-1-2-4-19(18)25(31)16-5-6-21-22(13-16)33-12-11-32-21/h5-6,8,10,13-14,17-19H,1-4,7,9,11-12,15,26H2/t17-,18?,19?/m0/s1. The molecule has 1 saturated heterocycles. The van der Waals surface area contributed by atoms with Crippen LogP contribution in [-0.4, -0.2) is 52.7 Å². The van der Waals surface area contributed by atoms with Crippen molar-refractivity contribution in [1.82, 2.24) is 14.6 Å². The fourth-order valence-electron chi connectivity index (χ4n) is 5.45. The smallest absolute Gasteiger partial charge is 0.166 e. The van der Waals surface area contributed by atoms with Gasteiger partial charge in [0.25, 0.3) is 0 Å². The van der Waals surface area contributed by atoms with E-state index in [1.54, 1.807) is 0 Å². The number of carbonyl (C=O) groups is 1. The second kappa shape index (κ2) is 8.33. The zero-order valence-corrected chi connectivity index (χ0v) is 18.7. The Morgan fingerprint density at radius 1 is 1.03 bits per heavy atom. The lowest BCUT2D eigenvalue weighted by Crippen LogP contribution is -2.26. The van der Waals surface area contributed by atoms with Gasteiger partial charge in [-0.3, -0.25) is 4.79 Å². The molecule has 1 saturated carbocycles. The minimum atomic E-state index is -0.0951. The number of ketones is 1. The number of nitrogens with two attached hydrogens (primary N) is 1. The number of fused-ring (bicyclic) bond motifs is 2. The molecular weight excluding hydrogens is 418 g/mol. The maximum atomic E-state index is 13.6. The van der Waals surface area contributed by atoms with Gasteiger partial charge >= 0.3 is 0 Å². The van der Waals surface area contributed by atoms with Gasteiger partial charge < -0.3 is 20.1 Å². The third-order valence-corrected chi connectivity index (χ3v) is 7.19. The van der Waals surface area contributed by atoms with Gasteiger partial charge in [0.2, 0.25) is 0 Å². The Morgan fingerprint density at radius 2 is 1.88 bits per heavy atom. The van der Waals surface area contributed by atoms with Crippen molar-refractivity contribution in [1.29, 1.82) is 0 Å². The number of rotatable bonds is 4. The Morgan fingerprint density at radius 3 is 2.73 bits per heavy atom. The van der Waals surface area contributed by atoms with Crippen molar-refractivity contribution in [2.45, 2.75) is 44.1 Å². The first-order valence-electron chi connectivity index (χ1n) is 12.0. The molecule has 2 aliphatic heterocycles. The fraction of sp³-hybridized carbons (Fsp3) is 0.480. The Labute approximate surface area is 192 Å². The average molecular weight is 448 g/mol. The molecule has 3 aromatic rings. The second-order valence-corrected chi connectivity index (χ2v) is 9.37. The highest BCUT2D eigenvalue weighted by Crippen LogP contribution is 2.40. The highest BCUT2D eigenvalue weighted by molar-refractivity contribution is 5.99. The summed E-state index contributed by atoms with van der Waals surface area (Å²) in [5.41, 5.74) is 8.53. The summed E-state index contributed by atoms with van der Waals surface area (Å²) < 4.78 is 13.1. The lowest BCUT2D eigenvalue weighted by atomic mass is 9.74. The Balaban J connectivity index is 1.28. The highest BCUT2D eigenvalue weighted by Gasteiger charge is 2.35. The molecular formula is C25H29N5O3. The molecule has 33 heavy (non-hydrogen) atoms. The third-order valence-electron chi connectivity index (χ3n) is 7.19. The molecule has 0 amide bonds. The van der Waals surface area contributed by atoms with E-state index < -0.39 is 0 Å². The van der Waals surface area contributed by atoms with Crippen molar-refractivity contribution >= 4 is 17.2 Å². The monoisotopic (exact) mass is 447 g/mol. The normalized spacial score (nSPS) is 24.9. The van der Waals surface area contributed by atoms with Crippen LogP contribution in [0.1, 0.15) is 54.1 Å². The van der Waals surface area contributed by atoms with E-state index in [2.05, 4.69) is 11.0 Å². The molecule has 172 valence electrons. The van der Waals surface area contributed by atoms with Crippen LogP contribution in [0.25, 0.3) is 5.65 Å². The maximum absolute atomic E-state index is 13.6. The summed E-state index contributed by atoms with van der Waals surface area (Å²) in [7, 11) is 0. The zero-order valence-electron chi connectivity index (χ0n) is 18.7. The van der Waals surface area contributed by atoms with Crippen LogP contribution in [-0.2, 0) is 0 Å². The summed E-state index contributed by atoms with van der Waals surface area (Å²) >= 11 is 0. The summed E-state index contributed by atoms with van der Waals surface area (Å²) in [5, 5.41) is 4.83. The number of nitrogens with zero attached hydrogens (tertiary/aromatic N) is 4. The number of anilines is 1. The highest BCUT2D eigenvalue weighted by atomic mass is 16.6. The van der Waals surface area contributed by atoms with Gasteiger partial charge in [0.15, 0.2) is 22.9 Å². The van der Waals surface area contributed by atoms with E-state index in [9.17, 15) is 4.79 Å². The molecule has 2 fully saturated rings. The van der Waals surface area contributed by atoms with Crippen LogP contribution >= 0.6 is 0 Å². The summed E-state index contributed by atoms with van der Waals surface area (Å²) in [6.45, 7) is 2.81. The maximum Gasteiger partial charge on any atom is 0.166 e. The van der Waals surface area contributed by atoms with E-state index in [1.165, 1.54) is 0 Å². The third kappa shape index (κ3) is 3.82. The number of hydrogen-bond donors (Lipinski definition) is 1. The van der Waals surface area contributed by atoms with E-state index >= 15 is 0 Å². The molecule has 3 aliphatic rings. The number of hydrogen-bond acceptors (Lipinski definition) is 7. The summed E-state index contributed by atoms with van der Waals surface area (Å²) in [6, 6.07) is 9.80. The van der Waals surface area contributed by atoms with Crippen LogP contribution in [0.5, 0.6) is 11.5 Å². The first kappa shape index (κ1) is 20.5. The first-order chi connectivity index (χ1) is 16.2. The molecule has 0 spiro atoms. The number of ether oxygens (including phenoxy) is 2. The van der Waals surface area contributed by atoms with E-state index in [-0.39, 0.29) is 23.7 Å². The Bertz CT molecular complexity index is 1190. The van der Waals surface area contributed by atoms with Crippen molar-refractivity contribution in [3.63, 3.8) is 0 Å². The predicted octanol–water partition coefficient (Wildman–Crippen LogP) is 3.19. The van der Waals surface area contributed by atoms with E-state index in [1.807, 2.05) is 35.0 Å². The molecule has 8 nitrogen and oxygen atoms in total. The molecule has 8 heteroatoms. The summed E-state index contributed by atoms with van der Waals surface area (Å²) in [4.78, 5) is 20.6. The molecule has 4 heterocycles. The van der Waals surface area contributed by atoms with Gasteiger partial charge in [-0.1, -0.05) is 12.8 Å². The number of Topliss-reactive ketones (excluding diaryl/α,β-unsaturated/α-hetero) is 1. The molecule has 1 aliphatic carbocycles. The van der Waals surface area contributed by atoms with Crippen LogP contribution in [0.4, 0.5) is 5.82 Å². The average Bonchev–Trinajstić information content (AvgIpc) is 3.49. The van der Waals surface area contributed by atoms with Gasteiger partial charge in [0.05, 0.1) is 5.69 Å². The van der Waals surface area contributed by atoms with Gasteiger partial charge in [-0.2, -0.15) is 5.10 Å². The molecule has 2 aromatic heterocycles. The first-order valence-corrected chi connectivity index (χ1v) is 12.0. The Hall–Kier alpha value is -3.13. The summed E-state index contributed by atoms with van der Waals surface area (Å²) in [6.07, 6.45) is 6.94. The van der Waals surface area contributed by atoms with Gasteiger partial charge in [0, 0.05) is 48.8 Å². The minimum Gasteiger partial charge on any atom is -0.486 e. The predicted molar refractivity (Wildman–Crippen MR) is 124 cm³/mol. The molecule has 2 N–H and O–H groups in total. The zero-order chi connectivity index (χ0) is 22.4. The lowest BCUT2D eigenvalue weighted by Gasteiger charge is -2.29. The largest absolute Gasteiger partial charge is 0.486 e. The molecule has 3 atom stereocenters. The van der Waals surface area contributed by atoms with E-state index in [0.717, 1.165) is 62.4 Å². The van der Waals surface area contributed by atoms with Crippen molar-refractivity contribution in [2.75, 3.05) is 31.2 Å². The van der Waals surface area contributed by atoms with Gasteiger partial charge in [-0.25, -0.2) is 9.50 Å². The van der Waals surface area contributed by atoms with Gasteiger partial charge in [-0.15, -0.1) is 0 Å². The number of benzene rings is 1. The van der Waals surface area contributed by atoms with Crippen LogP contribution in [0, 0.1) is 5.92 Å². The molecule has 1 aromatic carbocycles. The van der Waals surface area contributed by atoms with Crippen molar-refractivity contribution in [3.8, 4) is 11.5 Å². The SMILES string of the molecule is N[C@H]1CCN(c2ccn3nc(C4CCCCC4C(=O)c4ccc5c(c4)OCCO5)cc3n2)C1. The van der Waals surface area contributed by atoms with E-state index in [4.69, 9.17) is 25.3 Å². The fourth-order valence-corrected chi connectivity index (χ4v) is 5.45. The van der Waals surface area contributed by atoms with Gasteiger partial charge in [-0.05, 0) is 43.5 Å². The van der Waals surface area contributed by atoms with Crippen LogP contribution in [0.2, 0.25) is 0 Å². The quantitative estimate of drug-likeness (QED) is 0.614. The molecule has 0 bridgehead atoms. The molecule has 2 unspecified atom stereocenters. The van der Waals surface area contributed by atoms with Gasteiger partial charge in [0.1, 0.15) is 19.0 Å².